The number of nitrogens with one attached hydrogen (secondary N) is 1. The van der Waals surface area contributed by atoms with Gasteiger partial charge in [-0.2, -0.15) is 0 Å². The van der Waals surface area contributed by atoms with Gasteiger partial charge in [-0.3, -0.25) is 0 Å². The largest absolute Gasteiger partial charge is 0.392 e. The van der Waals surface area contributed by atoms with Gasteiger partial charge in [0, 0.05) is 24.7 Å². The smallest absolute Gasteiger partial charge is 0.130 e. The maximum atomic E-state index is 13.2. The lowest BCUT2D eigenvalue weighted by Gasteiger charge is -2.15. The fourth-order valence-corrected chi connectivity index (χ4v) is 1.26. The van der Waals surface area contributed by atoms with Crippen LogP contribution >= 0.6 is 0 Å². The minimum atomic E-state index is -0.580. The van der Waals surface area contributed by atoms with Crippen LogP contribution in [0.3, 0.4) is 0 Å². The minimum Gasteiger partial charge on any atom is -0.392 e. The van der Waals surface area contributed by atoms with Crippen LogP contribution < -0.4 is 5.32 Å². The van der Waals surface area contributed by atoms with E-state index in [1.807, 2.05) is 13.8 Å². The van der Waals surface area contributed by atoms with Gasteiger partial charge in [0.15, 0.2) is 0 Å². The van der Waals surface area contributed by atoms with Gasteiger partial charge in [-0.1, -0.05) is 19.9 Å². The average Bonchev–Trinajstić information content (AvgIpc) is 2.20. The molecule has 1 aromatic carbocycles. The normalized spacial score (nSPS) is 13.1. The third-order valence-corrected chi connectivity index (χ3v) is 2.45. The van der Waals surface area contributed by atoms with E-state index in [2.05, 4.69) is 5.32 Å². The first kappa shape index (κ1) is 13.1. The number of hydrogen-bond donors (Lipinski definition) is 2. The summed E-state index contributed by atoms with van der Waals surface area (Å²) in [7, 11) is 0. The molecule has 0 amide bonds. The molecule has 0 bridgehead atoms. The molecule has 0 spiro atoms. The molecule has 1 rings (SSSR count). The van der Waals surface area contributed by atoms with E-state index in [0.717, 1.165) is 6.07 Å². The molecule has 1 aromatic rings. The number of aliphatic hydroxyl groups is 1. The monoisotopic (exact) mass is 229 g/mol. The molecule has 0 radical (unpaired) electrons. The van der Waals surface area contributed by atoms with Crippen molar-refractivity contribution in [2.75, 3.05) is 6.54 Å². The quantitative estimate of drug-likeness (QED) is 0.810. The summed E-state index contributed by atoms with van der Waals surface area (Å²) < 4.78 is 25.8. The molecule has 16 heavy (non-hydrogen) atoms. The van der Waals surface area contributed by atoms with Crippen LogP contribution in [-0.2, 0) is 6.54 Å². The van der Waals surface area contributed by atoms with Crippen LogP contribution in [0.1, 0.15) is 19.4 Å². The Balaban J connectivity index is 2.43. The minimum absolute atomic E-state index is 0.158. The van der Waals surface area contributed by atoms with Gasteiger partial charge < -0.3 is 10.4 Å². The lowest BCUT2D eigenvalue weighted by Crippen LogP contribution is -2.30. The van der Waals surface area contributed by atoms with Crippen LogP contribution in [-0.4, -0.2) is 17.8 Å². The molecular weight excluding hydrogens is 212 g/mol. The second kappa shape index (κ2) is 5.92. The van der Waals surface area contributed by atoms with Gasteiger partial charge >= 0.3 is 0 Å². The first-order valence-corrected chi connectivity index (χ1v) is 5.33. The molecule has 0 aliphatic heterocycles. The second-order valence-corrected chi connectivity index (χ2v) is 4.18. The van der Waals surface area contributed by atoms with Gasteiger partial charge in [0.05, 0.1) is 6.10 Å². The summed E-state index contributed by atoms with van der Waals surface area (Å²) in [5.41, 5.74) is 0.400. The lowest BCUT2D eigenvalue weighted by molar-refractivity contribution is 0.123. The second-order valence-electron chi connectivity index (χ2n) is 4.18. The predicted molar refractivity (Wildman–Crippen MR) is 58.9 cm³/mol. The highest BCUT2D eigenvalue weighted by Gasteiger charge is 2.09. The molecule has 90 valence electrons. The number of hydrogen-bond acceptors (Lipinski definition) is 2. The van der Waals surface area contributed by atoms with E-state index >= 15 is 0 Å². The molecule has 1 atom stereocenters. The highest BCUT2D eigenvalue weighted by Crippen LogP contribution is 2.09. The first-order chi connectivity index (χ1) is 7.50. The molecule has 0 fully saturated rings. The van der Waals surface area contributed by atoms with Gasteiger partial charge in [0.25, 0.3) is 0 Å². The van der Waals surface area contributed by atoms with Crippen molar-refractivity contribution in [1.29, 1.82) is 0 Å². The standard InChI is InChI=1S/C12H17F2NO/c1-8(2)12(16)7-15-6-9-3-4-10(13)5-11(9)14/h3-5,8,12,15-16H,6-7H2,1-2H3. The molecule has 0 saturated carbocycles. The molecule has 0 heterocycles. The Morgan fingerprint density at radius 3 is 2.56 bits per heavy atom. The predicted octanol–water partition coefficient (Wildman–Crippen LogP) is 2.07. The Hall–Kier alpha value is -1.00. The summed E-state index contributed by atoms with van der Waals surface area (Å²) in [5.74, 6) is -0.986. The third kappa shape index (κ3) is 3.87. The molecule has 1 unspecified atom stereocenters. The number of rotatable bonds is 5. The summed E-state index contributed by atoms with van der Waals surface area (Å²) in [4.78, 5) is 0. The molecule has 2 nitrogen and oxygen atoms in total. The Morgan fingerprint density at radius 2 is 2.00 bits per heavy atom. The Morgan fingerprint density at radius 1 is 1.31 bits per heavy atom. The maximum absolute atomic E-state index is 13.2. The fourth-order valence-electron chi connectivity index (χ4n) is 1.26. The zero-order valence-electron chi connectivity index (χ0n) is 9.50. The molecule has 0 aliphatic rings. The topological polar surface area (TPSA) is 32.3 Å². The summed E-state index contributed by atoms with van der Waals surface area (Å²) in [5, 5.41) is 12.4. The summed E-state index contributed by atoms with van der Waals surface area (Å²) in [6, 6.07) is 3.48. The molecular formula is C12H17F2NO. The van der Waals surface area contributed by atoms with Crippen molar-refractivity contribution in [2.45, 2.75) is 26.5 Å². The zero-order valence-corrected chi connectivity index (χ0v) is 9.50. The number of halogens is 2. The van der Waals surface area contributed by atoms with Crippen LogP contribution in [0.4, 0.5) is 8.78 Å². The van der Waals surface area contributed by atoms with Gasteiger partial charge in [0.1, 0.15) is 11.6 Å². The summed E-state index contributed by atoms with van der Waals surface area (Å²) in [6.07, 6.45) is -0.455. The van der Waals surface area contributed by atoms with E-state index in [9.17, 15) is 13.9 Å². The van der Waals surface area contributed by atoms with Crippen LogP contribution in [0.15, 0.2) is 18.2 Å². The number of benzene rings is 1. The molecule has 0 saturated heterocycles. The van der Waals surface area contributed by atoms with Gasteiger partial charge in [-0.05, 0) is 12.0 Å². The highest BCUT2D eigenvalue weighted by atomic mass is 19.1. The molecule has 0 aliphatic carbocycles. The van der Waals surface area contributed by atoms with Gasteiger partial charge in [0.2, 0.25) is 0 Å². The van der Waals surface area contributed by atoms with Crippen molar-refractivity contribution in [2.24, 2.45) is 5.92 Å². The van der Waals surface area contributed by atoms with Crippen LogP contribution in [0, 0.1) is 17.6 Å². The Bertz CT molecular complexity index is 342. The van der Waals surface area contributed by atoms with Crippen LogP contribution in [0.5, 0.6) is 0 Å². The van der Waals surface area contributed by atoms with Crippen molar-refractivity contribution < 1.29 is 13.9 Å². The van der Waals surface area contributed by atoms with Crippen molar-refractivity contribution in [3.8, 4) is 0 Å². The van der Waals surface area contributed by atoms with Crippen molar-refractivity contribution in [3.05, 3.63) is 35.4 Å². The Labute approximate surface area is 94.3 Å². The van der Waals surface area contributed by atoms with E-state index in [0.29, 0.717) is 12.1 Å². The third-order valence-electron chi connectivity index (χ3n) is 2.45. The highest BCUT2D eigenvalue weighted by molar-refractivity contribution is 5.18. The first-order valence-electron chi connectivity index (χ1n) is 5.33. The average molecular weight is 229 g/mol. The van der Waals surface area contributed by atoms with E-state index in [1.54, 1.807) is 0 Å². The number of aliphatic hydroxyl groups excluding tert-OH is 1. The SMILES string of the molecule is CC(C)C(O)CNCc1ccc(F)cc1F. The van der Waals surface area contributed by atoms with Crippen molar-refractivity contribution >= 4 is 0 Å². The van der Waals surface area contributed by atoms with Crippen LogP contribution in [0.25, 0.3) is 0 Å². The fraction of sp³-hybridized carbons (Fsp3) is 0.500. The van der Waals surface area contributed by atoms with Gasteiger partial charge in [-0.25, -0.2) is 8.78 Å². The molecule has 0 aromatic heterocycles. The van der Waals surface area contributed by atoms with E-state index in [-0.39, 0.29) is 12.5 Å². The summed E-state index contributed by atoms with van der Waals surface area (Å²) >= 11 is 0. The van der Waals surface area contributed by atoms with Crippen molar-refractivity contribution in [3.63, 3.8) is 0 Å². The van der Waals surface area contributed by atoms with E-state index in [4.69, 9.17) is 0 Å². The lowest BCUT2D eigenvalue weighted by atomic mass is 10.1. The van der Waals surface area contributed by atoms with Crippen molar-refractivity contribution in [1.82, 2.24) is 5.32 Å². The maximum Gasteiger partial charge on any atom is 0.130 e. The Kier molecular flexibility index (Phi) is 4.83. The van der Waals surface area contributed by atoms with E-state index in [1.165, 1.54) is 12.1 Å². The van der Waals surface area contributed by atoms with E-state index < -0.39 is 17.7 Å². The summed E-state index contributed by atoms with van der Waals surface area (Å²) in [6.45, 7) is 4.50. The molecule has 4 heteroatoms. The molecule has 2 N–H and O–H groups in total. The van der Waals surface area contributed by atoms with Gasteiger partial charge in [-0.15, -0.1) is 0 Å². The zero-order chi connectivity index (χ0) is 12.1. The van der Waals surface area contributed by atoms with Crippen LogP contribution in [0.2, 0.25) is 0 Å².